The lowest BCUT2D eigenvalue weighted by Gasteiger charge is -2.39. The first kappa shape index (κ1) is 13.1. The summed E-state index contributed by atoms with van der Waals surface area (Å²) in [7, 11) is 0. The molecule has 2 N–H and O–H groups in total. The summed E-state index contributed by atoms with van der Waals surface area (Å²) in [5.41, 5.74) is -0.222. The van der Waals surface area contributed by atoms with Crippen molar-refractivity contribution in [3.05, 3.63) is 17.5 Å². The van der Waals surface area contributed by atoms with Gasteiger partial charge in [0.05, 0.1) is 12.1 Å². The van der Waals surface area contributed by atoms with Gasteiger partial charge in [0.2, 0.25) is 0 Å². The number of nitrogens with zero attached hydrogens (tertiary/aromatic N) is 1. The van der Waals surface area contributed by atoms with E-state index in [2.05, 4.69) is 17.4 Å². The molecular weight excluding hydrogens is 232 g/mol. The van der Waals surface area contributed by atoms with Gasteiger partial charge in [-0.2, -0.15) is 0 Å². The molecule has 5 heteroatoms. The monoisotopic (exact) mass is 252 g/mol. The highest BCUT2D eigenvalue weighted by Crippen LogP contribution is 2.32. The largest absolute Gasteiger partial charge is 0.394 e. The molecule has 1 aromatic heterocycles. The second-order valence-corrected chi connectivity index (χ2v) is 5.42. The van der Waals surface area contributed by atoms with E-state index in [1.165, 1.54) is 0 Å². The van der Waals surface area contributed by atoms with Gasteiger partial charge in [0.15, 0.2) is 5.69 Å². The van der Waals surface area contributed by atoms with Crippen molar-refractivity contribution in [2.45, 2.75) is 45.1 Å². The molecule has 0 bridgehead atoms. The number of carbonyl (C=O) groups excluding carboxylic acids is 1. The predicted molar refractivity (Wildman–Crippen MR) is 66.2 cm³/mol. The number of rotatable bonds is 3. The van der Waals surface area contributed by atoms with Gasteiger partial charge < -0.3 is 14.9 Å². The number of carbonyl (C=O) groups is 1. The first-order valence-electron chi connectivity index (χ1n) is 6.41. The van der Waals surface area contributed by atoms with Crippen LogP contribution in [0.5, 0.6) is 0 Å². The third kappa shape index (κ3) is 2.72. The number of hydrogen-bond acceptors (Lipinski definition) is 4. The molecule has 1 saturated carbocycles. The average molecular weight is 252 g/mol. The molecule has 1 fully saturated rings. The summed E-state index contributed by atoms with van der Waals surface area (Å²) in [6.45, 7) is 3.87. The van der Waals surface area contributed by atoms with Crippen molar-refractivity contribution >= 4 is 5.91 Å². The molecule has 0 aliphatic heterocycles. The first-order chi connectivity index (χ1) is 8.54. The molecule has 5 nitrogen and oxygen atoms in total. The Labute approximate surface area is 107 Å². The van der Waals surface area contributed by atoms with E-state index in [9.17, 15) is 9.90 Å². The lowest BCUT2D eigenvalue weighted by atomic mass is 9.77. The summed E-state index contributed by atoms with van der Waals surface area (Å²) < 4.78 is 4.89. The van der Waals surface area contributed by atoms with Crippen molar-refractivity contribution in [1.82, 2.24) is 10.5 Å². The molecule has 1 aliphatic carbocycles. The lowest BCUT2D eigenvalue weighted by Crippen LogP contribution is -2.53. The second kappa shape index (κ2) is 5.10. The van der Waals surface area contributed by atoms with E-state index in [4.69, 9.17) is 4.52 Å². The molecule has 1 heterocycles. The van der Waals surface area contributed by atoms with Crippen molar-refractivity contribution in [1.29, 1.82) is 0 Å². The highest BCUT2D eigenvalue weighted by atomic mass is 16.5. The maximum atomic E-state index is 12.1. The van der Waals surface area contributed by atoms with E-state index in [1.54, 1.807) is 13.0 Å². The lowest BCUT2D eigenvalue weighted by molar-refractivity contribution is 0.0689. The van der Waals surface area contributed by atoms with Crippen LogP contribution in [0.1, 0.15) is 48.9 Å². The Bertz CT molecular complexity index is 430. The molecule has 0 saturated heterocycles. The van der Waals surface area contributed by atoms with Crippen LogP contribution in [-0.4, -0.2) is 28.3 Å². The van der Waals surface area contributed by atoms with Gasteiger partial charge in [0, 0.05) is 6.07 Å². The number of hydrogen-bond donors (Lipinski definition) is 2. The van der Waals surface area contributed by atoms with Gasteiger partial charge in [0.1, 0.15) is 5.76 Å². The normalized spacial score (nSPS) is 28.1. The Morgan fingerprint density at radius 2 is 2.50 bits per heavy atom. The Hall–Kier alpha value is -1.36. The van der Waals surface area contributed by atoms with Gasteiger partial charge in [-0.1, -0.05) is 24.9 Å². The van der Waals surface area contributed by atoms with Crippen LogP contribution in [0.4, 0.5) is 0 Å². The number of aromatic nitrogens is 1. The summed E-state index contributed by atoms with van der Waals surface area (Å²) >= 11 is 0. The number of amides is 1. The van der Waals surface area contributed by atoms with Crippen molar-refractivity contribution in [3.8, 4) is 0 Å². The third-order valence-electron chi connectivity index (χ3n) is 3.63. The number of aryl methyl sites for hydroxylation is 1. The predicted octanol–water partition coefficient (Wildman–Crippen LogP) is 1.65. The van der Waals surface area contributed by atoms with E-state index in [0.717, 1.165) is 25.7 Å². The minimum absolute atomic E-state index is 0.0279. The maximum absolute atomic E-state index is 12.1. The van der Waals surface area contributed by atoms with Crippen LogP contribution in [0.2, 0.25) is 0 Å². The smallest absolute Gasteiger partial charge is 0.273 e. The Morgan fingerprint density at radius 3 is 3.06 bits per heavy atom. The topological polar surface area (TPSA) is 75.4 Å². The molecule has 100 valence electrons. The van der Waals surface area contributed by atoms with Crippen LogP contribution in [0.25, 0.3) is 0 Å². The van der Waals surface area contributed by atoms with E-state index in [-0.39, 0.29) is 18.2 Å². The van der Waals surface area contributed by atoms with Crippen LogP contribution in [0.15, 0.2) is 10.6 Å². The summed E-state index contributed by atoms with van der Waals surface area (Å²) in [5.74, 6) is 0.857. The van der Waals surface area contributed by atoms with Gasteiger partial charge in [-0.3, -0.25) is 4.79 Å². The van der Waals surface area contributed by atoms with Crippen molar-refractivity contribution in [2.24, 2.45) is 5.92 Å². The zero-order valence-electron chi connectivity index (χ0n) is 10.9. The van der Waals surface area contributed by atoms with Crippen molar-refractivity contribution in [3.63, 3.8) is 0 Å². The highest BCUT2D eigenvalue weighted by Gasteiger charge is 2.36. The Balaban J connectivity index is 2.08. The zero-order valence-corrected chi connectivity index (χ0v) is 10.9. The first-order valence-corrected chi connectivity index (χ1v) is 6.41. The second-order valence-electron chi connectivity index (χ2n) is 5.42. The summed E-state index contributed by atoms with van der Waals surface area (Å²) in [5, 5.41) is 16.2. The molecule has 2 rings (SSSR count). The molecule has 2 unspecified atom stereocenters. The molecular formula is C13H20N2O3. The van der Waals surface area contributed by atoms with Gasteiger partial charge in [-0.05, 0) is 25.7 Å². The number of aliphatic hydroxyl groups excluding tert-OH is 1. The van der Waals surface area contributed by atoms with Crippen molar-refractivity contribution < 1.29 is 14.4 Å². The van der Waals surface area contributed by atoms with Gasteiger partial charge in [-0.25, -0.2) is 0 Å². The summed E-state index contributed by atoms with van der Waals surface area (Å²) in [6, 6.07) is 1.60. The SMILES string of the molecule is Cc1cc(C(=O)NC2(CO)CCCC(C)C2)no1. The molecule has 0 spiro atoms. The fraction of sp³-hybridized carbons (Fsp3) is 0.692. The number of nitrogens with one attached hydrogen (secondary N) is 1. The molecule has 1 aromatic rings. The number of aliphatic hydroxyl groups is 1. The van der Waals surface area contributed by atoms with Crippen LogP contribution in [-0.2, 0) is 0 Å². The summed E-state index contributed by atoms with van der Waals surface area (Å²) in [6.07, 6.45) is 3.81. The molecule has 2 atom stereocenters. The van der Waals surface area contributed by atoms with Crippen LogP contribution < -0.4 is 5.32 Å². The standard InChI is InChI=1S/C13H20N2O3/c1-9-4-3-5-13(7-9,8-16)14-12(17)11-6-10(2)18-15-11/h6,9,16H,3-5,7-8H2,1-2H3,(H,14,17). The highest BCUT2D eigenvalue weighted by molar-refractivity contribution is 5.92. The average Bonchev–Trinajstić information content (AvgIpc) is 2.76. The van der Waals surface area contributed by atoms with Gasteiger partial charge >= 0.3 is 0 Å². The minimum Gasteiger partial charge on any atom is -0.394 e. The minimum atomic E-state index is -0.498. The fourth-order valence-corrected chi connectivity index (χ4v) is 2.74. The molecule has 1 aliphatic rings. The molecule has 0 aromatic carbocycles. The van der Waals surface area contributed by atoms with E-state index >= 15 is 0 Å². The quantitative estimate of drug-likeness (QED) is 0.857. The van der Waals surface area contributed by atoms with Crippen molar-refractivity contribution in [2.75, 3.05) is 6.61 Å². The van der Waals surface area contributed by atoms with Gasteiger partial charge in [-0.15, -0.1) is 0 Å². The Kier molecular flexibility index (Phi) is 3.71. The van der Waals surface area contributed by atoms with Crippen LogP contribution >= 0.6 is 0 Å². The van der Waals surface area contributed by atoms with E-state index in [0.29, 0.717) is 11.7 Å². The molecule has 18 heavy (non-hydrogen) atoms. The van der Waals surface area contributed by atoms with Gasteiger partial charge in [0.25, 0.3) is 5.91 Å². The molecule has 1 amide bonds. The van der Waals surface area contributed by atoms with Crippen LogP contribution in [0.3, 0.4) is 0 Å². The zero-order chi connectivity index (χ0) is 13.2. The maximum Gasteiger partial charge on any atom is 0.273 e. The van der Waals surface area contributed by atoms with Crippen LogP contribution in [0, 0.1) is 12.8 Å². The summed E-state index contributed by atoms with van der Waals surface area (Å²) in [4.78, 5) is 12.1. The fourth-order valence-electron chi connectivity index (χ4n) is 2.74. The van der Waals surface area contributed by atoms with E-state index < -0.39 is 5.54 Å². The molecule has 0 radical (unpaired) electrons. The van der Waals surface area contributed by atoms with E-state index in [1.807, 2.05) is 0 Å². The third-order valence-corrected chi connectivity index (χ3v) is 3.63. The Morgan fingerprint density at radius 1 is 1.72 bits per heavy atom.